The topological polar surface area (TPSA) is 0 Å². The standard InChI is InChI=1S/C25H20I2/c1-3-7-22(8-4-1)26-24-15-11-20(12-16-24)19-21-13-17-25(18-14-21)27-23-9-5-2-6-10-23/h1-18H,19H2/q+2. The second-order valence-electron chi connectivity index (χ2n) is 6.21. The SMILES string of the molecule is c1ccc([I+]c2ccc(Cc3ccc([I+]c4ccccc4)cc3)cc2)cc1. The van der Waals surface area contributed by atoms with Crippen molar-refractivity contribution in [1.82, 2.24) is 0 Å². The van der Waals surface area contributed by atoms with E-state index in [-0.39, 0.29) is 42.4 Å². The van der Waals surface area contributed by atoms with E-state index < -0.39 is 0 Å². The third-order valence-electron chi connectivity index (χ3n) is 4.14. The Morgan fingerprint density at radius 2 is 0.704 bits per heavy atom. The second kappa shape index (κ2) is 9.51. The summed E-state index contributed by atoms with van der Waals surface area (Å²) in [7, 11) is 0. The number of hydrogen-bond donors (Lipinski definition) is 0. The first-order chi connectivity index (χ1) is 13.3. The fourth-order valence-electron chi connectivity index (χ4n) is 2.77. The fraction of sp³-hybridized carbons (Fsp3) is 0.0400. The van der Waals surface area contributed by atoms with Crippen molar-refractivity contribution in [3.63, 3.8) is 0 Å². The van der Waals surface area contributed by atoms with Crippen LogP contribution in [0.2, 0.25) is 0 Å². The molecule has 0 radical (unpaired) electrons. The van der Waals surface area contributed by atoms with Crippen molar-refractivity contribution in [2.75, 3.05) is 0 Å². The predicted octanol–water partition coefficient (Wildman–Crippen LogP) is -0.466. The predicted molar refractivity (Wildman–Crippen MR) is 103 cm³/mol. The molecule has 0 fully saturated rings. The first-order valence-electron chi connectivity index (χ1n) is 8.93. The molecule has 0 aliphatic carbocycles. The Balaban J connectivity index is 1.37. The number of benzene rings is 4. The molecule has 132 valence electrons. The van der Waals surface area contributed by atoms with E-state index in [1.54, 1.807) is 0 Å². The summed E-state index contributed by atoms with van der Waals surface area (Å²) in [4.78, 5) is 0. The van der Waals surface area contributed by atoms with Gasteiger partial charge in [-0.05, 0) is 66.1 Å². The zero-order valence-corrected chi connectivity index (χ0v) is 19.2. The normalized spacial score (nSPS) is 10.7. The van der Waals surface area contributed by atoms with Gasteiger partial charge in [-0.15, -0.1) is 0 Å². The zero-order chi connectivity index (χ0) is 18.3. The van der Waals surface area contributed by atoms with Crippen LogP contribution in [0, 0.1) is 14.3 Å². The van der Waals surface area contributed by atoms with E-state index in [1.807, 2.05) is 0 Å². The van der Waals surface area contributed by atoms with E-state index in [1.165, 1.54) is 25.4 Å². The van der Waals surface area contributed by atoms with Crippen molar-refractivity contribution in [3.05, 3.63) is 135 Å². The molecule has 4 rings (SSSR count). The first-order valence-corrected chi connectivity index (χ1v) is 13.2. The van der Waals surface area contributed by atoms with Gasteiger partial charge in [0.1, 0.15) is 0 Å². The molecule has 0 heterocycles. The van der Waals surface area contributed by atoms with E-state index in [0.717, 1.165) is 6.42 Å². The lowest BCUT2D eigenvalue weighted by molar-refractivity contribution is -0.597. The highest BCUT2D eigenvalue weighted by atomic mass is 127. The largest absolute Gasteiger partial charge is 0.357 e. The molecule has 0 aliphatic rings. The van der Waals surface area contributed by atoms with Gasteiger partial charge >= 0.3 is 42.4 Å². The average Bonchev–Trinajstić information content (AvgIpc) is 2.73. The van der Waals surface area contributed by atoms with E-state index in [4.69, 9.17) is 0 Å². The minimum Gasteiger partial charge on any atom is -0.0619 e. The summed E-state index contributed by atoms with van der Waals surface area (Å²) in [6, 6.07) is 40.1. The maximum absolute atomic E-state index is 2.31. The highest BCUT2D eigenvalue weighted by molar-refractivity contribution is 5.25. The molecule has 0 nitrogen and oxygen atoms in total. The fourth-order valence-corrected chi connectivity index (χ4v) is 7.20. The van der Waals surface area contributed by atoms with Crippen LogP contribution in [0.1, 0.15) is 11.1 Å². The quantitative estimate of drug-likeness (QED) is 0.274. The number of rotatable bonds is 6. The van der Waals surface area contributed by atoms with Crippen molar-refractivity contribution >= 4 is 0 Å². The Morgan fingerprint density at radius 3 is 1.07 bits per heavy atom. The smallest absolute Gasteiger partial charge is 0.0619 e. The van der Waals surface area contributed by atoms with Gasteiger partial charge in [0.2, 0.25) is 0 Å². The van der Waals surface area contributed by atoms with E-state index in [0.29, 0.717) is 0 Å². The van der Waals surface area contributed by atoms with E-state index >= 15 is 0 Å². The van der Waals surface area contributed by atoms with Gasteiger partial charge in [0.25, 0.3) is 0 Å². The summed E-state index contributed by atoms with van der Waals surface area (Å²) in [5, 5.41) is 0. The lowest BCUT2D eigenvalue weighted by Crippen LogP contribution is -3.61. The molecule has 0 saturated heterocycles. The monoisotopic (exact) mass is 574 g/mol. The minimum atomic E-state index is -0.0703. The van der Waals surface area contributed by atoms with Gasteiger partial charge < -0.3 is 0 Å². The molecule has 0 unspecified atom stereocenters. The number of hydrogen-bond acceptors (Lipinski definition) is 0. The molecule has 2 heteroatoms. The highest BCUT2D eigenvalue weighted by Gasteiger charge is 2.15. The summed E-state index contributed by atoms with van der Waals surface area (Å²) < 4.78 is 5.90. The third kappa shape index (κ3) is 5.66. The molecule has 0 bridgehead atoms. The first kappa shape index (κ1) is 18.7. The molecule has 0 atom stereocenters. The Kier molecular flexibility index (Phi) is 6.58. The molecule has 0 aliphatic heterocycles. The summed E-state index contributed by atoms with van der Waals surface area (Å²) in [5.74, 6) is 0. The van der Waals surface area contributed by atoms with Crippen LogP contribution in [0.5, 0.6) is 0 Å². The van der Waals surface area contributed by atoms with Gasteiger partial charge in [0.05, 0.1) is 0 Å². The summed E-state index contributed by atoms with van der Waals surface area (Å²) in [5.41, 5.74) is 2.78. The van der Waals surface area contributed by atoms with Crippen molar-refractivity contribution in [2.45, 2.75) is 6.42 Å². The van der Waals surface area contributed by atoms with Crippen LogP contribution in [0.25, 0.3) is 0 Å². The zero-order valence-electron chi connectivity index (χ0n) is 14.9. The molecule has 4 aromatic rings. The summed E-state index contributed by atoms with van der Waals surface area (Å²) in [6.07, 6.45) is 1.01. The lowest BCUT2D eigenvalue weighted by atomic mass is 10.1. The Bertz CT molecular complexity index is 877. The van der Waals surface area contributed by atoms with Crippen LogP contribution in [-0.4, -0.2) is 0 Å². The molecule has 27 heavy (non-hydrogen) atoms. The van der Waals surface area contributed by atoms with Crippen LogP contribution >= 0.6 is 0 Å². The molecule has 0 aromatic heterocycles. The second-order valence-corrected chi connectivity index (χ2v) is 12.3. The molecule has 0 spiro atoms. The summed E-state index contributed by atoms with van der Waals surface area (Å²) in [6.45, 7) is 0. The van der Waals surface area contributed by atoms with Crippen LogP contribution in [0.15, 0.2) is 109 Å². The van der Waals surface area contributed by atoms with Gasteiger partial charge in [-0.25, -0.2) is 0 Å². The van der Waals surface area contributed by atoms with Gasteiger partial charge in [-0.3, -0.25) is 0 Å². The lowest BCUT2D eigenvalue weighted by Gasteiger charge is -2.01. The van der Waals surface area contributed by atoms with Gasteiger partial charge in [-0.1, -0.05) is 60.7 Å². The number of halogens is 2. The molecular weight excluding hydrogens is 554 g/mol. The van der Waals surface area contributed by atoms with Crippen molar-refractivity contribution in [3.8, 4) is 0 Å². The molecule has 4 aromatic carbocycles. The molecule has 0 N–H and O–H groups in total. The van der Waals surface area contributed by atoms with Gasteiger partial charge in [-0.2, -0.15) is 0 Å². The van der Waals surface area contributed by atoms with Gasteiger partial charge in [0.15, 0.2) is 14.3 Å². The molecule has 0 saturated carbocycles. The molecular formula is C25H20I2+2. The van der Waals surface area contributed by atoms with Crippen molar-refractivity contribution in [1.29, 1.82) is 0 Å². The van der Waals surface area contributed by atoms with Crippen LogP contribution < -0.4 is 42.4 Å². The molecule has 0 amide bonds. The van der Waals surface area contributed by atoms with Crippen LogP contribution in [0.4, 0.5) is 0 Å². The third-order valence-corrected chi connectivity index (χ3v) is 9.51. The minimum absolute atomic E-state index is 0.0703. The van der Waals surface area contributed by atoms with E-state index in [9.17, 15) is 0 Å². The van der Waals surface area contributed by atoms with Gasteiger partial charge in [0, 0.05) is 0 Å². The maximum atomic E-state index is 2.31. The van der Waals surface area contributed by atoms with Crippen LogP contribution in [0.3, 0.4) is 0 Å². The van der Waals surface area contributed by atoms with Crippen LogP contribution in [-0.2, 0) is 6.42 Å². The van der Waals surface area contributed by atoms with E-state index in [2.05, 4.69) is 109 Å². The van der Waals surface area contributed by atoms with Crippen molar-refractivity contribution < 1.29 is 42.4 Å². The van der Waals surface area contributed by atoms with Crippen molar-refractivity contribution in [2.24, 2.45) is 0 Å². The average molecular weight is 574 g/mol. The summed E-state index contributed by atoms with van der Waals surface area (Å²) >= 11 is -0.141. The Labute approximate surface area is 182 Å². The maximum Gasteiger partial charge on any atom is 0.357 e. The highest BCUT2D eigenvalue weighted by Crippen LogP contribution is 2.08. The Morgan fingerprint density at radius 1 is 0.370 bits per heavy atom. The Hall–Kier alpha value is -1.66.